The van der Waals surface area contributed by atoms with Crippen molar-refractivity contribution in [3.8, 4) is 0 Å². The fourth-order valence-corrected chi connectivity index (χ4v) is 2.21. The van der Waals surface area contributed by atoms with Crippen LogP contribution in [0.5, 0.6) is 0 Å². The van der Waals surface area contributed by atoms with Gasteiger partial charge in [-0.05, 0) is 38.1 Å². The van der Waals surface area contributed by atoms with E-state index in [0.717, 1.165) is 20.1 Å². The Morgan fingerprint density at radius 2 is 1.10 bits per heavy atom. The molecule has 0 heterocycles. The molecular formula is C14H14Br2Cl2N2Pt. The number of nitrogens with one attached hydrogen (secondary N) is 2. The fraction of sp³-hybridized carbons (Fsp3) is 0.143. The Balaban J connectivity index is 0.000000322. The molecule has 0 unspecified atom stereocenters. The normalized spacial score (nSPS) is 9.24. The number of rotatable bonds is 0. The van der Waals surface area contributed by atoms with Crippen molar-refractivity contribution in [2.45, 2.75) is 13.8 Å². The van der Waals surface area contributed by atoms with Gasteiger partial charge in [0.1, 0.15) is 0 Å². The standard InChI is InChI=1S/2C7H7BrN.2ClH.Pt/c2*1-5-4-6(8)2-3-7(5)9;;;/h2*2-4,9H,1H3;2*1H;/q2*-1;;;+4/p-2. The van der Waals surface area contributed by atoms with Crippen LogP contribution in [0.3, 0.4) is 0 Å². The second kappa shape index (κ2) is 11.8. The first-order valence-corrected chi connectivity index (χ1v) is 12.8. The van der Waals surface area contributed by atoms with Gasteiger partial charge in [0.2, 0.25) is 0 Å². The van der Waals surface area contributed by atoms with Crippen LogP contribution in [0.4, 0.5) is 11.4 Å². The van der Waals surface area contributed by atoms with E-state index < -0.39 is 16.5 Å². The van der Waals surface area contributed by atoms with Crippen LogP contribution in [0.25, 0.3) is 11.5 Å². The van der Waals surface area contributed by atoms with Gasteiger partial charge in [-0.3, -0.25) is 0 Å². The van der Waals surface area contributed by atoms with Gasteiger partial charge in [-0.1, -0.05) is 55.1 Å². The molecule has 2 rings (SSSR count). The summed E-state index contributed by atoms with van der Waals surface area (Å²) in [6.45, 7) is 3.85. The second-order valence-corrected chi connectivity index (χ2v) is 9.08. The van der Waals surface area contributed by atoms with Crippen LogP contribution in [0.1, 0.15) is 11.1 Å². The molecule has 0 atom stereocenters. The molecule has 7 heteroatoms. The summed E-state index contributed by atoms with van der Waals surface area (Å²) in [6.07, 6.45) is 0. The van der Waals surface area contributed by atoms with Gasteiger partial charge < -0.3 is 11.5 Å². The van der Waals surface area contributed by atoms with Crippen molar-refractivity contribution in [3.05, 3.63) is 67.9 Å². The maximum atomic E-state index is 7.30. The molecule has 0 aromatic heterocycles. The summed E-state index contributed by atoms with van der Waals surface area (Å²) >= 11 is 6.15. The predicted octanol–water partition coefficient (Wildman–Crippen LogP) is 8.26. The quantitative estimate of drug-likeness (QED) is 0.280. The van der Waals surface area contributed by atoms with Gasteiger partial charge in [-0.25, -0.2) is 0 Å². The molecule has 0 bridgehead atoms. The van der Waals surface area contributed by atoms with Crippen LogP contribution in [0, 0.1) is 13.8 Å². The Bertz CT molecular complexity index is 519. The number of aryl methyl sites for hydroxylation is 2. The van der Waals surface area contributed by atoms with Crippen LogP contribution < -0.4 is 0 Å². The van der Waals surface area contributed by atoms with E-state index in [1.54, 1.807) is 12.1 Å². The Labute approximate surface area is 159 Å². The molecule has 0 fully saturated rings. The summed E-state index contributed by atoms with van der Waals surface area (Å²) in [5.74, 6) is 0. The average Bonchev–Trinajstić information content (AvgIpc) is 2.41. The molecule has 2 aromatic carbocycles. The van der Waals surface area contributed by atoms with Gasteiger partial charge in [0, 0.05) is 8.95 Å². The number of benzene rings is 2. The van der Waals surface area contributed by atoms with Crippen molar-refractivity contribution < 1.29 is 16.5 Å². The zero-order valence-electron chi connectivity index (χ0n) is 11.3. The summed E-state index contributed by atoms with van der Waals surface area (Å²) < 4.78 is 2.08. The molecule has 21 heavy (non-hydrogen) atoms. The third kappa shape index (κ3) is 9.80. The third-order valence-corrected chi connectivity index (χ3v) is 3.36. The summed E-state index contributed by atoms with van der Waals surface area (Å²) in [6, 6.07) is 11.2. The molecule has 0 aliphatic heterocycles. The Morgan fingerprint density at radius 3 is 1.29 bits per heavy atom. The van der Waals surface area contributed by atoms with E-state index in [9.17, 15) is 0 Å². The van der Waals surface area contributed by atoms with E-state index in [-0.39, 0.29) is 0 Å². The number of hydrogen-bond acceptors (Lipinski definition) is 0. The topological polar surface area (TPSA) is 47.6 Å². The molecule has 0 amide bonds. The Hall–Kier alpha value is 0.268. The molecular weight excluding hydrogens is 622 g/mol. The molecule has 0 spiro atoms. The molecule has 2 aromatic rings. The van der Waals surface area contributed by atoms with Crippen molar-refractivity contribution in [2.75, 3.05) is 0 Å². The van der Waals surface area contributed by atoms with Crippen LogP contribution in [0.15, 0.2) is 45.3 Å². The van der Waals surface area contributed by atoms with Crippen LogP contribution in [0.2, 0.25) is 0 Å². The van der Waals surface area contributed by atoms with E-state index in [4.69, 9.17) is 30.3 Å². The van der Waals surface area contributed by atoms with Crippen molar-refractivity contribution in [1.82, 2.24) is 0 Å². The zero-order valence-corrected chi connectivity index (χ0v) is 18.2. The van der Waals surface area contributed by atoms with Gasteiger partial charge in [0.25, 0.3) is 0 Å². The summed E-state index contributed by atoms with van der Waals surface area (Å²) in [7, 11) is 9.75. The molecule has 0 saturated heterocycles. The first kappa shape index (κ1) is 21.3. The van der Waals surface area contributed by atoms with Gasteiger partial charge >= 0.3 is 35.3 Å². The third-order valence-electron chi connectivity index (χ3n) is 2.38. The van der Waals surface area contributed by atoms with Crippen LogP contribution in [-0.2, 0) is 16.5 Å². The Morgan fingerprint density at radius 1 is 0.810 bits per heavy atom. The fourth-order valence-electron chi connectivity index (χ4n) is 1.25. The van der Waals surface area contributed by atoms with Gasteiger partial charge in [0.05, 0.1) is 0 Å². The number of hydrogen-bond donors (Lipinski definition) is 0. The first-order chi connectivity index (χ1) is 9.81. The summed E-state index contributed by atoms with van der Waals surface area (Å²) in [5.41, 5.74) is 17.8. The van der Waals surface area contributed by atoms with E-state index in [1.165, 1.54) is 0 Å². The molecule has 2 N–H and O–H groups in total. The van der Waals surface area contributed by atoms with E-state index in [0.29, 0.717) is 11.4 Å². The molecule has 0 radical (unpaired) electrons. The van der Waals surface area contributed by atoms with E-state index in [1.807, 2.05) is 38.1 Å². The van der Waals surface area contributed by atoms with Crippen molar-refractivity contribution in [1.29, 1.82) is 0 Å². The molecule has 2 nitrogen and oxygen atoms in total. The molecule has 118 valence electrons. The zero-order chi connectivity index (χ0) is 16.4. The van der Waals surface area contributed by atoms with Crippen molar-refractivity contribution >= 4 is 62.1 Å². The van der Waals surface area contributed by atoms with Crippen molar-refractivity contribution in [2.24, 2.45) is 0 Å². The van der Waals surface area contributed by atoms with Gasteiger partial charge in [-0.15, -0.1) is 11.4 Å². The predicted molar refractivity (Wildman–Crippen MR) is 97.4 cm³/mol. The monoisotopic (exact) mass is 633 g/mol. The first-order valence-electron chi connectivity index (χ1n) is 5.59. The average molecular weight is 636 g/mol. The summed E-state index contributed by atoms with van der Waals surface area (Å²) in [4.78, 5) is 0. The minimum atomic E-state index is -0.472. The van der Waals surface area contributed by atoms with Crippen LogP contribution in [-0.4, -0.2) is 0 Å². The van der Waals surface area contributed by atoms with Crippen LogP contribution >= 0.6 is 50.7 Å². The van der Waals surface area contributed by atoms with Gasteiger partial charge in [0.15, 0.2) is 0 Å². The second-order valence-electron chi connectivity index (χ2n) is 3.96. The van der Waals surface area contributed by atoms with Gasteiger partial charge in [-0.2, -0.15) is 0 Å². The van der Waals surface area contributed by atoms with E-state index >= 15 is 0 Å². The number of halogens is 4. The molecule has 0 aliphatic carbocycles. The minimum absolute atomic E-state index is 0.472. The van der Waals surface area contributed by atoms with Crippen molar-refractivity contribution in [3.63, 3.8) is 0 Å². The SMILES string of the molecule is Cc1cc(Br)ccc1[NH-].Cc1cc(Br)ccc1[NH-].[Cl][Pt+2][Cl]. The summed E-state index contributed by atoms with van der Waals surface area (Å²) in [5, 5.41) is 0. The maximum absolute atomic E-state index is 7.30. The Kier molecular flexibility index (Phi) is 11.9. The van der Waals surface area contributed by atoms with E-state index in [2.05, 4.69) is 31.9 Å². The molecule has 0 saturated carbocycles. The molecule has 0 aliphatic rings.